The van der Waals surface area contributed by atoms with Gasteiger partial charge in [-0.2, -0.15) is 0 Å². The molecule has 1 fully saturated rings. The number of likely N-dealkylation sites (tertiary alicyclic amines) is 1. The highest BCUT2D eigenvalue weighted by atomic mass is 35.5. The van der Waals surface area contributed by atoms with E-state index >= 15 is 0 Å². The Morgan fingerprint density at radius 3 is 2.54 bits per heavy atom. The predicted molar refractivity (Wildman–Crippen MR) is 100 cm³/mol. The van der Waals surface area contributed by atoms with Crippen LogP contribution in [0.4, 0.5) is 0 Å². The lowest BCUT2D eigenvalue weighted by atomic mass is 9.81. The Hall–Kier alpha value is -1.10. The van der Waals surface area contributed by atoms with Crippen LogP contribution in [0.5, 0.6) is 0 Å². The maximum Gasteiger partial charge on any atom is 0.230 e. The number of halogens is 1. The van der Waals surface area contributed by atoms with Gasteiger partial charge in [0.05, 0.1) is 18.6 Å². The second kappa shape index (κ2) is 10.0. The molecule has 24 heavy (non-hydrogen) atoms. The maximum atomic E-state index is 12.8. The van der Waals surface area contributed by atoms with Crippen LogP contribution in [-0.4, -0.2) is 37.0 Å². The SMILES string of the molecule is CCC(CC)(CN)C(=O)N1CCC(COCc2ccccc2)C1.Cl. The summed E-state index contributed by atoms with van der Waals surface area (Å²) in [6, 6.07) is 10.2. The van der Waals surface area contributed by atoms with Gasteiger partial charge < -0.3 is 15.4 Å². The van der Waals surface area contributed by atoms with Crippen LogP contribution in [-0.2, 0) is 16.1 Å². The van der Waals surface area contributed by atoms with Crippen LogP contribution in [0.3, 0.4) is 0 Å². The molecule has 0 spiro atoms. The lowest BCUT2D eigenvalue weighted by Gasteiger charge is -2.33. The van der Waals surface area contributed by atoms with Crippen molar-refractivity contribution in [2.45, 2.75) is 39.7 Å². The Morgan fingerprint density at radius 2 is 1.96 bits per heavy atom. The van der Waals surface area contributed by atoms with E-state index in [1.165, 1.54) is 5.56 Å². The number of hydrogen-bond donors (Lipinski definition) is 1. The molecule has 0 aliphatic carbocycles. The van der Waals surface area contributed by atoms with Gasteiger partial charge in [-0.25, -0.2) is 0 Å². The van der Waals surface area contributed by atoms with Crippen molar-refractivity contribution < 1.29 is 9.53 Å². The summed E-state index contributed by atoms with van der Waals surface area (Å²) in [6.07, 6.45) is 2.64. The molecule has 4 nitrogen and oxygen atoms in total. The molecule has 1 aliphatic rings. The van der Waals surface area contributed by atoms with Gasteiger partial charge in [-0.05, 0) is 24.8 Å². The summed E-state index contributed by atoms with van der Waals surface area (Å²) in [4.78, 5) is 14.8. The van der Waals surface area contributed by atoms with Crippen LogP contribution in [0, 0.1) is 11.3 Å². The molecule has 1 amide bonds. The standard InChI is InChI=1S/C19H30N2O2.ClH/c1-3-19(4-2,15-20)18(22)21-11-10-17(12-21)14-23-13-16-8-6-5-7-9-16;/h5-9,17H,3-4,10-15,20H2,1-2H3;1H. The molecular weight excluding hydrogens is 324 g/mol. The first-order valence-corrected chi connectivity index (χ1v) is 8.76. The number of nitrogens with zero attached hydrogens (tertiary/aromatic N) is 1. The molecule has 0 radical (unpaired) electrons. The van der Waals surface area contributed by atoms with Crippen LogP contribution in [0.2, 0.25) is 0 Å². The molecule has 2 N–H and O–H groups in total. The first kappa shape index (κ1) is 20.9. The molecule has 136 valence electrons. The lowest BCUT2D eigenvalue weighted by molar-refractivity contribution is -0.141. The number of carbonyl (C=O) groups excluding carboxylic acids is 1. The zero-order chi connectivity index (χ0) is 16.7. The summed E-state index contributed by atoms with van der Waals surface area (Å²) in [5, 5.41) is 0. The molecule has 0 aromatic heterocycles. The van der Waals surface area contributed by atoms with Gasteiger partial charge in [-0.1, -0.05) is 44.2 Å². The van der Waals surface area contributed by atoms with Crippen molar-refractivity contribution in [3.8, 4) is 0 Å². The van der Waals surface area contributed by atoms with Gasteiger partial charge in [0.1, 0.15) is 0 Å². The van der Waals surface area contributed by atoms with E-state index in [1.54, 1.807) is 0 Å². The number of hydrogen-bond acceptors (Lipinski definition) is 3. The Bertz CT molecular complexity index is 483. The number of benzene rings is 1. The molecule has 1 aliphatic heterocycles. The normalized spacial score (nSPS) is 17.6. The van der Waals surface area contributed by atoms with Gasteiger partial charge in [0.2, 0.25) is 5.91 Å². The molecule has 2 rings (SSSR count). The minimum Gasteiger partial charge on any atom is -0.376 e. The van der Waals surface area contributed by atoms with Crippen LogP contribution in [0.15, 0.2) is 30.3 Å². The fourth-order valence-corrected chi connectivity index (χ4v) is 3.33. The monoisotopic (exact) mass is 354 g/mol. The molecule has 0 saturated carbocycles. The molecule has 1 aromatic carbocycles. The smallest absolute Gasteiger partial charge is 0.230 e. The highest BCUT2D eigenvalue weighted by Crippen LogP contribution is 2.30. The molecule has 1 aromatic rings. The quantitative estimate of drug-likeness (QED) is 0.779. The van der Waals surface area contributed by atoms with E-state index in [0.717, 1.165) is 32.4 Å². The van der Waals surface area contributed by atoms with Crippen LogP contribution in [0.1, 0.15) is 38.7 Å². The zero-order valence-corrected chi connectivity index (χ0v) is 15.7. The number of ether oxygens (including phenoxy) is 1. The number of nitrogens with two attached hydrogens (primary N) is 1. The van der Waals surface area contributed by atoms with E-state index in [9.17, 15) is 4.79 Å². The largest absolute Gasteiger partial charge is 0.376 e. The summed E-state index contributed by atoms with van der Waals surface area (Å²) in [7, 11) is 0. The van der Waals surface area contributed by atoms with Gasteiger partial charge in [-0.15, -0.1) is 12.4 Å². The Kier molecular flexibility index (Phi) is 8.74. The summed E-state index contributed by atoms with van der Waals surface area (Å²) >= 11 is 0. The van der Waals surface area contributed by atoms with E-state index in [2.05, 4.69) is 26.0 Å². The molecular formula is C19H31ClN2O2. The first-order chi connectivity index (χ1) is 11.1. The van der Waals surface area contributed by atoms with Crippen molar-refractivity contribution >= 4 is 18.3 Å². The van der Waals surface area contributed by atoms with Crippen molar-refractivity contribution in [2.75, 3.05) is 26.2 Å². The van der Waals surface area contributed by atoms with E-state index in [1.807, 2.05) is 23.1 Å². The first-order valence-electron chi connectivity index (χ1n) is 8.76. The molecule has 1 unspecified atom stereocenters. The molecule has 1 atom stereocenters. The van der Waals surface area contributed by atoms with Crippen molar-refractivity contribution in [2.24, 2.45) is 17.1 Å². The summed E-state index contributed by atoms with van der Waals surface area (Å²) in [6.45, 7) is 7.55. The van der Waals surface area contributed by atoms with Crippen molar-refractivity contribution in [3.63, 3.8) is 0 Å². The Labute approximate surface area is 152 Å². The average molecular weight is 355 g/mol. The Balaban J connectivity index is 0.00000288. The average Bonchev–Trinajstić information content (AvgIpc) is 3.06. The third kappa shape index (κ3) is 4.95. The zero-order valence-electron chi connectivity index (χ0n) is 14.9. The predicted octanol–water partition coefficient (Wildman–Crippen LogP) is 3.24. The molecule has 5 heteroatoms. The summed E-state index contributed by atoms with van der Waals surface area (Å²) in [5.74, 6) is 0.669. The fourth-order valence-electron chi connectivity index (χ4n) is 3.33. The van der Waals surface area contributed by atoms with E-state index in [4.69, 9.17) is 10.5 Å². The van der Waals surface area contributed by atoms with E-state index < -0.39 is 0 Å². The Morgan fingerprint density at radius 1 is 1.29 bits per heavy atom. The second-order valence-electron chi connectivity index (χ2n) is 6.60. The van der Waals surface area contributed by atoms with Gasteiger partial charge in [0.15, 0.2) is 0 Å². The summed E-state index contributed by atoms with van der Waals surface area (Å²) < 4.78 is 5.83. The lowest BCUT2D eigenvalue weighted by Crippen LogP contribution is -2.46. The fraction of sp³-hybridized carbons (Fsp3) is 0.632. The highest BCUT2D eigenvalue weighted by Gasteiger charge is 2.39. The molecule has 1 saturated heterocycles. The summed E-state index contributed by atoms with van der Waals surface area (Å²) in [5.41, 5.74) is 6.72. The van der Waals surface area contributed by atoms with Gasteiger partial charge in [0, 0.05) is 25.6 Å². The molecule has 1 heterocycles. The van der Waals surface area contributed by atoms with Crippen molar-refractivity contribution in [1.29, 1.82) is 0 Å². The third-order valence-corrected chi connectivity index (χ3v) is 5.24. The minimum absolute atomic E-state index is 0. The van der Waals surface area contributed by atoms with Crippen LogP contribution < -0.4 is 5.73 Å². The molecule has 0 bridgehead atoms. The topological polar surface area (TPSA) is 55.6 Å². The number of carbonyl (C=O) groups is 1. The van der Waals surface area contributed by atoms with Gasteiger partial charge in [0.25, 0.3) is 0 Å². The van der Waals surface area contributed by atoms with Crippen molar-refractivity contribution in [1.82, 2.24) is 4.90 Å². The van der Waals surface area contributed by atoms with Crippen LogP contribution in [0.25, 0.3) is 0 Å². The highest BCUT2D eigenvalue weighted by molar-refractivity contribution is 5.85. The van der Waals surface area contributed by atoms with Gasteiger partial charge in [-0.3, -0.25) is 4.79 Å². The number of amides is 1. The maximum absolute atomic E-state index is 12.8. The third-order valence-electron chi connectivity index (χ3n) is 5.24. The van der Waals surface area contributed by atoms with E-state index in [0.29, 0.717) is 25.7 Å². The van der Waals surface area contributed by atoms with Crippen molar-refractivity contribution in [3.05, 3.63) is 35.9 Å². The second-order valence-corrected chi connectivity index (χ2v) is 6.60. The van der Waals surface area contributed by atoms with Crippen LogP contribution >= 0.6 is 12.4 Å². The van der Waals surface area contributed by atoms with E-state index in [-0.39, 0.29) is 23.7 Å². The minimum atomic E-state index is -0.375. The van der Waals surface area contributed by atoms with Gasteiger partial charge >= 0.3 is 0 Å². The number of rotatable bonds is 8.